The lowest BCUT2D eigenvalue weighted by Gasteiger charge is -2.36. The fraction of sp³-hybridized carbons (Fsp3) is 0.929. The zero-order chi connectivity index (χ0) is 13.0. The van der Waals surface area contributed by atoms with Crippen LogP contribution in [0.4, 0.5) is 0 Å². The minimum Gasteiger partial charge on any atom is -0.378 e. The molecule has 2 aliphatic rings. The highest BCUT2D eigenvalue weighted by atomic mass is 16.5. The molecule has 0 saturated carbocycles. The number of hydrogen-bond donors (Lipinski definition) is 1. The first kappa shape index (κ1) is 13.8. The number of carbonyl (C=O) groups excluding carboxylic acids is 1. The number of nitrogens with zero attached hydrogens (tertiary/aromatic N) is 1. The van der Waals surface area contributed by atoms with E-state index in [0.29, 0.717) is 11.9 Å². The summed E-state index contributed by atoms with van der Waals surface area (Å²) >= 11 is 0. The number of amides is 1. The van der Waals surface area contributed by atoms with Crippen molar-refractivity contribution < 1.29 is 9.53 Å². The smallest absolute Gasteiger partial charge is 0.228 e. The van der Waals surface area contributed by atoms with Gasteiger partial charge in [0.15, 0.2) is 0 Å². The van der Waals surface area contributed by atoms with E-state index in [4.69, 9.17) is 4.74 Å². The maximum Gasteiger partial charge on any atom is 0.228 e. The van der Waals surface area contributed by atoms with Gasteiger partial charge in [0.1, 0.15) is 0 Å². The molecule has 2 fully saturated rings. The van der Waals surface area contributed by atoms with E-state index in [-0.39, 0.29) is 12.0 Å². The van der Waals surface area contributed by atoms with Crippen molar-refractivity contribution in [3.8, 4) is 0 Å². The van der Waals surface area contributed by atoms with Gasteiger partial charge in [-0.3, -0.25) is 4.79 Å². The second kappa shape index (κ2) is 6.53. The summed E-state index contributed by atoms with van der Waals surface area (Å²) in [7, 11) is 0. The van der Waals surface area contributed by atoms with Crippen LogP contribution in [0.2, 0.25) is 0 Å². The summed E-state index contributed by atoms with van der Waals surface area (Å²) in [5, 5.41) is 3.37. The van der Waals surface area contributed by atoms with Gasteiger partial charge in [0.2, 0.25) is 5.91 Å². The zero-order valence-corrected chi connectivity index (χ0v) is 11.7. The number of rotatable bonds is 4. The van der Waals surface area contributed by atoms with Crippen LogP contribution >= 0.6 is 0 Å². The molecule has 2 heterocycles. The fourth-order valence-corrected chi connectivity index (χ4v) is 3.10. The molecular weight excluding hydrogens is 228 g/mol. The van der Waals surface area contributed by atoms with E-state index < -0.39 is 0 Å². The van der Waals surface area contributed by atoms with Gasteiger partial charge in [0.25, 0.3) is 0 Å². The average molecular weight is 254 g/mol. The van der Waals surface area contributed by atoms with Gasteiger partial charge in [0, 0.05) is 19.2 Å². The molecule has 0 aromatic carbocycles. The van der Waals surface area contributed by atoms with Crippen molar-refractivity contribution in [3.63, 3.8) is 0 Å². The van der Waals surface area contributed by atoms with Gasteiger partial charge >= 0.3 is 0 Å². The van der Waals surface area contributed by atoms with E-state index in [9.17, 15) is 4.79 Å². The molecular formula is C14H26N2O2. The lowest BCUT2D eigenvalue weighted by molar-refractivity contribution is -0.140. The van der Waals surface area contributed by atoms with Crippen LogP contribution < -0.4 is 5.32 Å². The SMILES string of the molecule is CCCN(C(=O)C1CCOC1C)C1CCNCC1. The number of carbonyl (C=O) groups is 1. The number of ether oxygens (including phenoxy) is 1. The molecule has 0 spiro atoms. The molecule has 2 saturated heterocycles. The van der Waals surface area contributed by atoms with Crippen LogP contribution in [0, 0.1) is 5.92 Å². The number of nitrogens with one attached hydrogen (secondary N) is 1. The van der Waals surface area contributed by atoms with Crippen molar-refractivity contribution in [2.24, 2.45) is 5.92 Å². The minimum atomic E-state index is 0.0893. The van der Waals surface area contributed by atoms with Crippen LogP contribution in [0.25, 0.3) is 0 Å². The monoisotopic (exact) mass is 254 g/mol. The standard InChI is InChI=1S/C14H26N2O2/c1-3-9-16(12-4-7-15-8-5-12)14(17)13-6-10-18-11(13)2/h11-13,15H,3-10H2,1-2H3. The Kier molecular flexibility index (Phi) is 5.01. The van der Waals surface area contributed by atoms with Gasteiger partial charge < -0.3 is 15.0 Å². The van der Waals surface area contributed by atoms with E-state index in [2.05, 4.69) is 17.1 Å². The van der Waals surface area contributed by atoms with Gasteiger partial charge in [-0.2, -0.15) is 0 Å². The summed E-state index contributed by atoms with van der Waals surface area (Å²) in [6.45, 7) is 7.89. The van der Waals surface area contributed by atoms with Crippen LogP contribution in [0.15, 0.2) is 0 Å². The van der Waals surface area contributed by atoms with Crippen LogP contribution in [0.3, 0.4) is 0 Å². The average Bonchev–Trinajstić information content (AvgIpc) is 2.82. The van der Waals surface area contributed by atoms with E-state index >= 15 is 0 Å². The molecule has 2 atom stereocenters. The summed E-state index contributed by atoms with van der Waals surface area (Å²) < 4.78 is 5.54. The van der Waals surface area contributed by atoms with Crippen molar-refractivity contribution >= 4 is 5.91 Å². The third kappa shape index (κ3) is 3.04. The lowest BCUT2D eigenvalue weighted by atomic mass is 9.97. The Labute approximate surface area is 110 Å². The molecule has 0 aliphatic carbocycles. The van der Waals surface area contributed by atoms with Gasteiger partial charge in [-0.1, -0.05) is 6.92 Å². The summed E-state index contributed by atoms with van der Waals surface area (Å²) in [6.07, 6.45) is 4.21. The van der Waals surface area contributed by atoms with Crippen LogP contribution in [-0.4, -0.2) is 49.2 Å². The Morgan fingerprint density at radius 2 is 2.06 bits per heavy atom. The van der Waals surface area contributed by atoms with Crippen molar-refractivity contribution in [2.75, 3.05) is 26.2 Å². The van der Waals surface area contributed by atoms with Gasteiger partial charge in [-0.15, -0.1) is 0 Å². The van der Waals surface area contributed by atoms with Gasteiger partial charge in [-0.25, -0.2) is 0 Å². The molecule has 0 aromatic heterocycles. The second-order valence-electron chi connectivity index (χ2n) is 5.48. The summed E-state index contributed by atoms with van der Waals surface area (Å²) in [6, 6.07) is 0.437. The summed E-state index contributed by atoms with van der Waals surface area (Å²) in [4.78, 5) is 14.8. The fourth-order valence-electron chi connectivity index (χ4n) is 3.10. The Balaban J connectivity index is 2.01. The largest absolute Gasteiger partial charge is 0.378 e. The molecule has 4 nitrogen and oxygen atoms in total. The molecule has 2 rings (SSSR count). The zero-order valence-electron chi connectivity index (χ0n) is 11.7. The Hall–Kier alpha value is -0.610. The van der Waals surface area contributed by atoms with Crippen LogP contribution in [0.1, 0.15) is 39.5 Å². The van der Waals surface area contributed by atoms with Crippen molar-refractivity contribution in [2.45, 2.75) is 51.7 Å². The first-order valence-electron chi connectivity index (χ1n) is 7.36. The van der Waals surface area contributed by atoms with Crippen LogP contribution in [0.5, 0.6) is 0 Å². The molecule has 4 heteroatoms. The molecule has 2 aliphatic heterocycles. The molecule has 18 heavy (non-hydrogen) atoms. The molecule has 1 N–H and O–H groups in total. The molecule has 0 radical (unpaired) electrons. The van der Waals surface area contributed by atoms with E-state index in [1.165, 1.54) is 0 Å². The molecule has 0 aromatic rings. The van der Waals surface area contributed by atoms with Crippen molar-refractivity contribution in [1.82, 2.24) is 10.2 Å². The third-order valence-electron chi connectivity index (χ3n) is 4.19. The number of piperidine rings is 1. The first-order valence-corrected chi connectivity index (χ1v) is 7.36. The maximum atomic E-state index is 12.7. The lowest BCUT2D eigenvalue weighted by Crippen LogP contribution is -2.49. The minimum absolute atomic E-state index is 0.0893. The highest BCUT2D eigenvalue weighted by Gasteiger charge is 2.36. The van der Waals surface area contributed by atoms with Gasteiger partial charge in [0.05, 0.1) is 12.0 Å². The van der Waals surface area contributed by atoms with Crippen molar-refractivity contribution in [3.05, 3.63) is 0 Å². The Morgan fingerprint density at radius 3 is 2.61 bits per heavy atom. The molecule has 104 valence electrons. The number of hydrogen-bond acceptors (Lipinski definition) is 3. The van der Waals surface area contributed by atoms with E-state index in [1.807, 2.05) is 6.92 Å². The second-order valence-corrected chi connectivity index (χ2v) is 5.48. The topological polar surface area (TPSA) is 41.6 Å². The van der Waals surface area contributed by atoms with Crippen LogP contribution in [-0.2, 0) is 9.53 Å². The Morgan fingerprint density at radius 1 is 1.33 bits per heavy atom. The van der Waals surface area contributed by atoms with E-state index in [0.717, 1.165) is 51.9 Å². The predicted octanol–water partition coefficient (Wildman–Crippen LogP) is 1.40. The maximum absolute atomic E-state index is 12.7. The predicted molar refractivity (Wildman–Crippen MR) is 71.4 cm³/mol. The van der Waals surface area contributed by atoms with E-state index in [1.54, 1.807) is 0 Å². The third-order valence-corrected chi connectivity index (χ3v) is 4.19. The quantitative estimate of drug-likeness (QED) is 0.824. The summed E-state index contributed by atoms with van der Waals surface area (Å²) in [5.74, 6) is 0.417. The highest BCUT2D eigenvalue weighted by molar-refractivity contribution is 5.80. The first-order chi connectivity index (χ1) is 8.74. The van der Waals surface area contributed by atoms with Crippen molar-refractivity contribution in [1.29, 1.82) is 0 Å². The highest BCUT2D eigenvalue weighted by Crippen LogP contribution is 2.25. The molecule has 0 bridgehead atoms. The van der Waals surface area contributed by atoms with Gasteiger partial charge in [-0.05, 0) is 45.7 Å². The molecule has 1 amide bonds. The normalized spacial score (nSPS) is 29.4. The summed E-state index contributed by atoms with van der Waals surface area (Å²) in [5.41, 5.74) is 0. The molecule has 2 unspecified atom stereocenters. The Bertz CT molecular complexity index is 277.